The van der Waals surface area contributed by atoms with E-state index >= 15 is 0 Å². The molecule has 0 spiro atoms. The van der Waals surface area contributed by atoms with Crippen LogP contribution in [0, 0.1) is 0 Å². The molecule has 108 valence electrons. The maximum absolute atomic E-state index is 12.4. The van der Waals surface area contributed by atoms with E-state index in [-0.39, 0.29) is 16.5 Å². The Balaban J connectivity index is 1.91. The van der Waals surface area contributed by atoms with Crippen molar-refractivity contribution < 1.29 is 22.3 Å². The molecule has 0 bridgehead atoms. The van der Waals surface area contributed by atoms with Crippen LogP contribution in [0.1, 0.15) is 5.69 Å². The zero-order valence-electron chi connectivity index (χ0n) is 10.2. The third kappa shape index (κ3) is 2.89. The van der Waals surface area contributed by atoms with Crippen LogP contribution in [0.25, 0.3) is 11.0 Å². The van der Waals surface area contributed by atoms with Gasteiger partial charge in [0.25, 0.3) is 5.19 Å². The summed E-state index contributed by atoms with van der Waals surface area (Å²) < 4.78 is 47.5. The molecule has 0 saturated carbocycles. The number of alkyl halides is 3. The van der Waals surface area contributed by atoms with Crippen molar-refractivity contribution in [1.29, 1.82) is 0 Å². The van der Waals surface area contributed by atoms with Crippen molar-refractivity contribution in [2.75, 3.05) is 0 Å². The molecule has 0 atom stereocenters. The van der Waals surface area contributed by atoms with Gasteiger partial charge >= 0.3 is 11.8 Å². The smallest absolute Gasteiger partial charge is 0.431 e. The standard InChI is InChI=1S/C13H6F3NO3S/c14-13(15,16)10-6-21-12(17-10)19-8-3-1-7-2-4-11(18)20-9(7)5-8/h1-6H. The highest BCUT2D eigenvalue weighted by molar-refractivity contribution is 7.11. The van der Waals surface area contributed by atoms with Gasteiger partial charge in [-0.15, -0.1) is 0 Å². The molecule has 1 aromatic carbocycles. The molecule has 3 rings (SSSR count). The second kappa shape index (κ2) is 4.88. The largest absolute Gasteiger partial charge is 0.434 e. The number of ether oxygens (including phenoxy) is 1. The minimum atomic E-state index is -4.51. The normalized spacial score (nSPS) is 11.8. The van der Waals surface area contributed by atoms with Crippen molar-refractivity contribution in [3.63, 3.8) is 0 Å². The lowest BCUT2D eigenvalue weighted by molar-refractivity contribution is -0.140. The molecule has 2 aromatic heterocycles. The topological polar surface area (TPSA) is 52.3 Å². The van der Waals surface area contributed by atoms with E-state index in [2.05, 4.69) is 4.98 Å². The number of thiazole rings is 1. The molecular weight excluding hydrogens is 307 g/mol. The third-order valence-electron chi connectivity index (χ3n) is 2.57. The van der Waals surface area contributed by atoms with Crippen molar-refractivity contribution in [2.24, 2.45) is 0 Å². The van der Waals surface area contributed by atoms with E-state index in [0.29, 0.717) is 5.39 Å². The van der Waals surface area contributed by atoms with Gasteiger partial charge in [-0.2, -0.15) is 18.2 Å². The first-order valence-electron chi connectivity index (χ1n) is 5.66. The number of benzene rings is 1. The highest BCUT2D eigenvalue weighted by atomic mass is 32.1. The summed E-state index contributed by atoms with van der Waals surface area (Å²) in [5.41, 5.74) is -1.24. The quantitative estimate of drug-likeness (QED) is 0.669. The van der Waals surface area contributed by atoms with Gasteiger partial charge in [-0.25, -0.2) is 4.79 Å². The maximum Gasteiger partial charge on any atom is 0.434 e. The molecule has 8 heteroatoms. The van der Waals surface area contributed by atoms with Crippen LogP contribution >= 0.6 is 11.3 Å². The highest BCUT2D eigenvalue weighted by Crippen LogP contribution is 2.34. The lowest BCUT2D eigenvalue weighted by Crippen LogP contribution is -2.04. The van der Waals surface area contributed by atoms with E-state index < -0.39 is 17.5 Å². The number of hydrogen-bond donors (Lipinski definition) is 0. The molecule has 0 aliphatic rings. The molecule has 0 amide bonds. The fourth-order valence-corrected chi connectivity index (χ4v) is 2.33. The predicted octanol–water partition coefficient (Wildman–Crippen LogP) is 4.06. The first kappa shape index (κ1) is 13.6. The fraction of sp³-hybridized carbons (Fsp3) is 0.0769. The summed E-state index contributed by atoms with van der Waals surface area (Å²) in [5.74, 6) is 0.236. The van der Waals surface area contributed by atoms with Gasteiger partial charge in [0.05, 0.1) is 0 Å². The van der Waals surface area contributed by atoms with Crippen LogP contribution in [-0.4, -0.2) is 4.98 Å². The van der Waals surface area contributed by atoms with Crippen molar-refractivity contribution in [3.8, 4) is 10.9 Å². The Hall–Kier alpha value is -2.35. The molecule has 0 aliphatic carbocycles. The van der Waals surface area contributed by atoms with Crippen LogP contribution in [0.15, 0.2) is 44.9 Å². The SMILES string of the molecule is O=c1ccc2ccc(Oc3nc(C(F)(F)F)cs3)cc2o1. The molecule has 3 aromatic rings. The third-order valence-corrected chi connectivity index (χ3v) is 3.29. The Morgan fingerprint density at radius 3 is 2.67 bits per heavy atom. The Kier molecular flexibility index (Phi) is 3.17. The van der Waals surface area contributed by atoms with E-state index in [9.17, 15) is 18.0 Å². The van der Waals surface area contributed by atoms with Gasteiger partial charge in [0.15, 0.2) is 5.69 Å². The number of aromatic nitrogens is 1. The summed E-state index contributed by atoms with van der Waals surface area (Å²) in [5, 5.41) is 1.41. The molecule has 4 nitrogen and oxygen atoms in total. The first-order valence-corrected chi connectivity index (χ1v) is 6.54. The van der Waals surface area contributed by atoms with Gasteiger partial charge in [0, 0.05) is 22.9 Å². The van der Waals surface area contributed by atoms with Crippen LogP contribution in [-0.2, 0) is 6.18 Å². The van der Waals surface area contributed by atoms with Gasteiger partial charge in [0.2, 0.25) is 0 Å². The van der Waals surface area contributed by atoms with Gasteiger partial charge < -0.3 is 9.15 Å². The lowest BCUT2D eigenvalue weighted by Gasteiger charge is -2.03. The highest BCUT2D eigenvalue weighted by Gasteiger charge is 2.34. The predicted molar refractivity (Wildman–Crippen MR) is 69.7 cm³/mol. The van der Waals surface area contributed by atoms with Crippen molar-refractivity contribution >= 4 is 22.3 Å². The number of nitrogens with zero attached hydrogens (tertiary/aromatic N) is 1. The molecule has 0 saturated heterocycles. The Morgan fingerprint density at radius 1 is 1.19 bits per heavy atom. The van der Waals surface area contributed by atoms with Gasteiger partial charge in [-0.05, 0) is 18.2 Å². The minimum absolute atomic E-state index is 0.139. The number of halogens is 3. The monoisotopic (exact) mass is 313 g/mol. The van der Waals surface area contributed by atoms with E-state index in [0.717, 1.165) is 16.7 Å². The Bertz CT molecular complexity index is 853. The van der Waals surface area contributed by atoms with E-state index in [4.69, 9.17) is 9.15 Å². The maximum atomic E-state index is 12.4. The van der Waals surface area contributed by atoms with Crippen LogP contribution in [0.2, 0.25) is 0 Å². The second-order valence-corrected chi connectivity index (χ2v) is 4.87. The summed E-state index contributed by atoms with van der Waals surface area (Å²) in [4.78, 5) is 14.5. The molecule has 2 heterocycles. The molecule has 0 radical (unpaired) electrons. The van der Waals surface area contributed by atoms with Crippen LogP contribution in [0.3, 0.4) is 0 Å². The number of fused-ring (bicyclic) bond motifs is 1. The zero-order chi connectivity index (χ0) is 15.0. The number of hydrogen-bond acceptors (Lipinski definition) is 5. The average molecular weight is 313 g/mol. The van der Waals surface area contributed by atoms with Crippen molar-refractivity contribution in [3.05, 3.63) is 51.8 Å². The van der Waals surface area contributed by atoms with Crippen LogP contribution in [0.5, 0.6) is 10.9 Å². The van der Waals surface area contributed by atoms with Gasteiger partial charge in [-0.1, -0.05) is 11.3 Å². The summed E-state index contributed by atoms with van der Waals surface area (Å²) in [7, 11) is 0. The molecular formula is C13H6F3NO3S. The second-order valence-electron chi connectivity index (χ2n) is 4.05. The van der Waals surface area contributed by atoms with E-state index in [1.54, 1.807) is 18.2 Å². The zero-order valence-corrected chi connectivity index (χ0v) is 11.0. The molecule has 0 unspecified atom stereocenters. The van der Waals surface area contributed by atoms with Crippen molar-refractivity contribution in [2.45, 2.75) is 6.18 Å². The molecule has 0 fully saturated rings. The Morgan fingerprint density at radius 2 is 1.95 bits per heavy atom. The van der Waals surface area contributed by atoms with E-state index in [1.165, 1.54) is 12.1 Å². The Labute approximate surface area is 119 Å². The average Bonchev–Trinajstić information content (AvgIpc) is 2.86. The molecule has 0 N–H and O–H groups in total. The van der Waals surface area contributed by atoms with Crippen molar-refractivity contribution in [1.82, 2.24) is 4.98 Å². The van der Waals surface area contributed by atoms with Gasteiger partial charge in [0.1, 0.15) is 11.3 Å². The minimum Gasteiger partial charge on any atom is -0.431 e. The van der Waals surface area contributed by atoms with Crippen LogP contribution < -0.4 is 10.4 Å². The fourth-order valence-electron chi connectivity index (χ4n) is 1.64. The van der Waals surface area contributed by atoms with Crippen LogP contribution in [0.4, 0.5) is 13.2 Å². The van der Waals surface area contributed by atoms with E-state index in [1.807, 2.05) is 0 Å². The summed E-state index contributed by atoms with van der Waals surface area (Å²) in [6, 6.07) is 7.46. The first-order chi connectivity index (χ1) is 9.91. The molecule has 21 heavy (non-hydrogen) atoms. The molecule has 0 aliphatic heterocycles. The summed E-state index contributed by atoms with van der Waals surface area (Å²) in [6.45, 7) is 0. The number of rotatable bonds is 2. The summed E-state index contributed by atoms with van der Waals surface area (Å²) >= 11 is 0.734. The summed E-state index contributed by atoms with van der Waals surface area (Å²) in [6.07, 6.45) is -4.51. The van der Waals surface area contributed by atoms with Gasteiger partial charge in [-0.3, -0.25) is 0 Å². The lowest BCUT2D eigenvalue weighted by atomic mass is 10.2.